The normalized spacial score (nSPS) is 37.2. The van der Waals surface area contributed by atoms with Crippen LogP contribution >= 0.6 is 0 Å². The third-order valence-electron chi connectivity index (χ3n) is 8.36. The van der Waals surface area contributed by atoms with Crippen molar-refractivity contribution < 1.29 is 10.2 Å². The van der Waals surface area contributed by atoms with Crippen LogP contribution in [-0.4, -0.2) is 21.9 Å². The van der Waals surface area contributed by atoms with Crippen molar-refractivity contribution in [1.82, 2.24) is 0 Å². The molecule has 3 saturated carbocycles. The minimum atomic E-state index is -0.535. The topological polar surface area (TPSA) is 40.5 Å². The van der Waals surface area contributed by atoms with E-state index < -0.39 is 5.60 Å². The lowest BCUT2D eigenvalue weighted by molar-refractivity contribution is 0.0596. The number of fused-ring (bicyclic) bond motifs is 1. The third kappa shape index (κ3) is 5.44. The molecule has 0 aliphatic heterocycles. The van der Waals surface area contributed by atoms with Crippen LogP contribution in [0.5, 0.6) is 0 Å². The number of hydrogen-bond acceptors (Lipinski definition) is 2. The van der Waals surface area contributed by atoms with E-state index in [4.69, 9.17) is 0 Å². The van der Waals surface area contributed by atoms with Crippen LogP contribution in [0.3, 0.4) is 0 Å². The average molecular weight is 401 g/mol. The molecule has 3 aliphatic rings. The predicted molar refractivity (Wildman–Crippen MR) is 123 cm³/mol. The van der Waals surface area contributed by atoms with Crippen molar-refractivity contribution in [3.05, 3.63) is 35.5 Å². The second-order valence-electron chi connectivity index (χ2n) is 11.2. The molecule has 5 atom stereocenters. The summed E-state index contributed by atoms with van der Waals surface area (Å²) in [5.41, 5.74) is 4.02. The second kappa shape index (κ2) is 9.10. The van der Waals surface area contributed by atoms with Crippen LogP contribution in [0.25, 0.3) is 0 Å². The molecule has 29 heavy (non-hydrogen) atoms. The molecule has 1 unspecified atom stereocenters. The molecule has 0 amide bonds. The van der Waals surface area contributed by atoms with E-state index in [2.05, 4.69) is 32.6 Å². The molecule has 0 radical (unpaired) electrons. The molecule has 0 saturated heterocycles. The highest BCUT2D eigenvalue weighted by atomic mass is 16.3. The fourth-order valence-corrected chi connectivity index (χ4v) is 6.67. The third-order valence-corrected chi connectivity index (χ3v) is 8.36. The van der Waals surface area contributed by atoms with Gasteiger partial charge in [-0.15, -0.1) is 0 Å². The Morgan fingerprint density at radius 2 is 1.97 bits per heavy atom. The minimum absolute atomic E-state index is 0.192. The maximum atomic E-state index is 10.0. The molecule has 2 heteroatoms. The summed E-state index contributed by atoms with van der Waals surface area (Å²) in [6, 6.07) is 0. The Morgan fingerprint density at radius 3 is 2.69 bits per heavy atom. The Kier molecular flexibility index (Phi) is 7.16. The van der Waals surface area contributed by atoms with Gasteiger partial charge in [-0.2, -0.15) is 0 Å². The SMILES string of the molecule is C=C1CC[C@@H](O)C/C1=C\C=C1\CCC[C@@]2(C)C1CC[C@@H]2[C@H](C)CCCC(C)(C)O. The number of allylic oxidation sites excluding steroid dienone is 4. The summed E-state index contributed by atoms with van der Waals surface area (Å²) in [6.45, 7) is 13.1. The smallest absolute Gasteiger partial charge is 0.0591 e. The molecule has 0 aromatic rings. The molecule has 0 aromatic heterocycles. The Labute approximate surface area is 179 Å². The second-order valence-corrected chi connectivity index (χ2v) is 11.2. The molecule has 0 bridgehead atoms. The van der Waals surface area contributed by atoms with Crippen LogP contribution < -0.4 is 0 Å². The first-order chi connectivity index (χ1) is 13.6. The molecule has 2 nitrogen and oxygen atoms in total. The van der Waals surface area contributed by atoms with Gasteiger partial charge in [0.1, 0.15) is 0 Å². The molecule has 0 spiro atoms. The summed E-state index contributed by atoms with van der Waals surface area (Å²) in [5.74, 6) is 2.26. The Balaban J connectivity index is 1.68. The van der Waals surface area contributed by atoms with E-state index in [9.17, 15) is 10.2 Å². The van der Waals surface area contributed by atoms with Crippen molar-refractivity contribution in [3.63, 3.8) is 0 Å². The van der Waals surface area contributed by atoms with Crippen molar-refractivity contribution in [3.8, 4) is 0 Å². The quantitative estimate of drug-likeness (QED) is 0.518. The van der Waals surface area contributed by atoms with E-state index in [1.54, 1.807) is 5.57 Å². The van der Waals surface area contributed by atoms with Crippen molar-refractivity contribution in [2.45, 2.75) is 110 Å². The Morgan fingerprint density at radius 1 is 1.21 bits per heavy atom. The van der Waals surface area contributed by atoms with Crippen LogP contribution in [0, 0.1) is 23.2 Å². The Bertz CT molecular complexity index is 650. The van der Waals surface area contributed by atoms with Gasteiger partial charge in [0.25, 0.3) is 0 Å². The molecule has 2 N–H and O–H groups in total. The summed E-state index contributed by atoms with van der Waals surface area (Å²) in [4.78, 5) is 0. The van der Waals surface area contributed by atoms with Crippen molar-refractivity contribution >= 4 is 0 Å². The molecule has 0 aromatic carbocycles. The minimum Gasteiger partial charge on any atom is -0.393 e. The van der Waals surface area contributed by atoms with Crippen molar-refractivity contribution in [2.75, 3.05) is 0 Å². The summed E-state index contributed by atoms with van der Waals surface area (Å²) in [6.07, 6.45) is 16.9. The monoisotopic (exact) mass is 400 g/mol. The van der Waals surface area contributed by atoms with Crippen LogP contribution in [0.15, 0.2) is 35.5 Å². The van der Waals surface area contributed by atoms with E-state index in [0.29, 0.717) is 5.41 Å². The standard InChI is InChI=1S/C27H44O2/c1-19-10-13-23(28)18-22(19)12-11-21-9-7-17-27(5)24(14-15-25(21)27)20(2)8-6-16-26(3,4)29/h11-12,20,23-25,28-29H,1,6-10,13-18H2,2-5H3/b21-11-,22-12+/t20-,23-,24-,25?,27-/m1/s1. The summed E-state index contributed by atoms with van der Waals surface area (Å²) >= 11 is 0. The highest BCUT2D eigenvalue weighted by Crippen LogP contribution is 2.60. The summed E-state index contributed by atoms with van der Waals surface area (Å²) in [5, 5.41) is 20.1. The van der Waals surface area contributed by atoms with Gasteiger partial charge in [0.2, 0.25) is 0 Å². The predicted octanol–water partition coefficient (Wildman–Crippen LogP) is 6.73. The maximum absolute atomic E-state index is 10.0. The van der Waals surface area contributed by atoms with Gasteiger partial charge >= 0.3 is 0 Å². The van der Waals surface area contributed by atoms with Gasteiger partial charge in [-0.05, 0) is 100 Å². The summed E-state index contributed by atoms with van der Waals surface area (Å²) < 4.78 is 0. The molecule has 3 fully saturated rings. The zero-order valence-electron chi connectivity index (χ0n) is 19.3. The van der Waals surface area contributed by atoms with Crippen LogP contribution in [0.4, 0.5) is 0 Å². The van der Waals surface area contributed by atoms with Crippen LogP contribution in [0.2, 0.25) is 0 Å². The van der Waals surface area contributed by atoms with Gasteiger partial charge in [-0.25, -0.2) is 0 Å². The number of aliphatic hydroxyl groups excluding tert-OH is 1. The van der Waals surface area contributed by atoms with E-state index in [1.165, 1.54) is 49.7 Å². The first-order valence-electron chi connectivity index (χ1n) is 12.1. The maximum Gasteiger partial charge on any atom is 0.0591 e. The first-order valence-corrected chi connectivity index (χ1v) is 12.1. The highest BCUT2D eigenvalue weighted by molar-refractivity contribution is 5.36. The largest absolute Gasteiger partial charge is 0.393 e. The van der Waals surface area contributed by atoms with Gasteiger partial charge in [0.15, 0.2) is 0 Å². The van der Waals surface area contributed by atoms with Gasteiger partial charge < -0.3 is 10.2 Å². The van der Waals surface area contributed by atoms with Crippen molar-refractivity contribution in [2.24, 2.45) is 23.2 Å². The van der Waals surface area contributed by atoms with Gasteiger partial charge in [0, 0.05) is 0 Å². The van der Waals surface area contributed by atoms with E-state index in [1.807, 2.05) is 13.8 Å². The number of aliphatic hydroxyl groups is 2. The van der Waals surface area contributed by atoms with Gasteiger partial charge in [-0.1, -0.05) is 56.6 Å². The van der Waals surface area contributed by atoms with Crippen LogP contribution in [0.1, 0.15) is 98.3 Å². The molecular formula is C27H44O2. The molecule has 164 valence electrons. The fourth-order valence-electron chi connectivity index (χ4n) is 6.67. The van der Waals surface area contributed by atoms with Gasteiger partial charge in [0.05, 0.1) is 11.7 Å². The number of rotatable bonds is 6. The molecular weight excluding hydrogens is 356 g/mol. The first kappa shape index (κ1) is 22.8. The average Bonchev–Trinajstić information content (AvgIpc) is 2.99. The lowest BCUT2D eigenvalue weighted by Crippen LogP contribution is -2.36. The molecule has 3 rings (SSSR count). The number of hydrogen-bond donors (Lipinski definition) is 2. The van der Waals surface area contributed by atoms with Gasteiger partial charge in [-0.3, -0.25) is 0 Å². The Hall–Kier alpha value is -0.860. The van der Waals surface area contributed by atoms with Crippen molar-refractivity contribution in [1.29, 1.82) is 0 Å². The highest BCUT2D eigenvalue weighted by Gasteiger charge is 2.50. The zero-order valence-corrected chi connectivity index (χ0v) is 19.3. The summed E-state index contributed by atoms with van der Waals surface area (Å²) in [7, 11) is 0. The fraction of sp³-hybridized carbons (Fsp3) is 0.778. The van der Waals surface area contributed by atoms with Crippen LogP contribution in [-0.2, 0) is 0 Å². The molecule has 0 heterocycles. The molecule has 3 aliphatic carbocycles. The van der Waals surface area contributed by atoms with E-state index >= 15 is 0 Å². The van der Waals surface area contributed by atoms with E-state index in [-0.39, 0.29) is 6.10 Å². The zero-order chi connectivity index (χ0) is 21.2. The lowest BCUT2D eigenvalue weighted by Gasteiger charge is -2.44. The van der Waals surface area contributed by atoms with E-state index in [0.717, 1.165) is 49.9 Å². The lowest BCUT2D eigenvalue weighted by atomic mass is 9.60.